The van der Waals surface area contributed by atoms with Gasteiger partial charge in [-0.2, -0.15) is 0 Å². The van der Waals surface area contributed by atoms with Gasteiger partial charge in [-0.15, -0.1) is 0 Å². The molecule has 0 aliphatic carbocycles. The van der Waals surface area contributed by atoms with E-state index in [1.54, 1.807) is 42.5 Å². The lowest BCUT2D eigenvalue weighted by atomic mass is 10.2. The predicted octanol–water partition coefficient (Wildman–Crippen LogP) is 7.06. The number of hydrogen-bond donors (Lipinski definition) is 0. The van der Waals surface area contributed by atoms with Crippen LogP contribution in [0.3, 0.4) is 0 Å². The molecule has 0 atom stereocenters. The quantitative estimate of drug-likeness (QED) is 0.319. The molecule has 0 spiro atoms. The molecule has 3 aromatic carbocycles. The third kappa shape index (κ3) is 5.23. The molecular formula is C24H16BrClFNO3S. The highest BCUT2D eigenvalue weighted by molar-refractivity contribution is 9.10. The maximum absolute atomic E-state index is 13.8. The van der Waals surface area contributed by atoms with E-state index in [0.717, 1.165) is 21.8 Å². The Morgan fingerprint density at radius 3 is 2.53 bits per heavy atom. The Morgan fingerprint density at radius 2 is 1.81 bits per heavy atom. The van der Waals surface area contributed by atoms with Gasteiger partial charge < -0.3 is 4.74 Å². The number of amides is 2. The number of nitrogens with zero attached hydrogens (tertiary/aromatic N) is 1. The number of rotatable bonds is 6. The first-order valence-corrected chi connectivity index (χ1v) is 11.5. The summed E-state index contributed by atoms with van der Waals surface area (Å²) in [7, 11) is 0. The van der Waals surface area contributed by atoms with Crippen LogP contribution >= 0.6 is 39.3 Å². The van der Waals surface area contributed by atoms with E-state index >= 15 is 0 Å². The summed E-state index contributed by atoms with van der Waals surface area (Å²) in [6.07, 6.45) is 1.62. The van der Waals surface area contributed by atoms with Crippen molar-refractivity contribution in [2.45, 2.75) is 13.2 Å². The van der Waals surface area contributed by atoms with Crippen molar-refractivity contribution in [1.82, 2.24) is 4.90 Å². The van der Waals surface area contributed by atoms with Crippen molar-refractivity contribution in [2.24, 2.45) is 0 Å². The molecule has 1 fully saturated rings. The van der Waals surface area contributed by atoms with E-state index in [2.05, 4.69) is 15.9 Å². The van der Waals surface area contributed by atoms with Crippen molar-refractivity contribution in [2.75, 3.05) is 0 Å². The third-order valence-corrected chi connectivity index (χ3v) is 6.45. The standard InChI is InChI=1S/C24H16BrClFNO3S/c25-18-8-5-15(6-9-18)13-28-23(29)22(32-24(28)30)12-16-7-10-21(19(26)11-16)31-14-17-3-1-2-4-20(17)27/h1-12H,13-14H2/b22-12-. The molecule has 0 N–H and O–H groups in total. The molecule has 0 saturated carbocycles. The Kier molecular flexibility index (Phi) is 6.98. The molecule has 3 aromatic rings. The third-order valence-electron chi connectivity index (χ3n) is 4.72. The zero-order chi connectivity index (χ0) is 22.7. The number of ether oxygens (including phenoxy) is 1. The molecule has 32 heavy (non-hydrogen) atoms. The number of halogens is 3. The van der Waals surface area contributed by atoms with Crippen LogP contribution in [-0.4, -0.2) is 16.0 Å². The van der Waals surface area contributed by atoms with Crippen LogP contribution in [0.4, 0.5) is 9.18 Å². The second-order valence-corrected chi connectivity index (χ2v) is 9.28. The van der Waals surface area contributed by atoms with Crippen LogP contribution in [0.15, 0.2) is 76.1 Å². The van der Waals surface area contributed by atoms with Gasteiger partial charge >= 0.3 is 0 Å². The van der Waals surface area contributed by atoms with Crippen LogP contribution in [0.25, 0.3) is 6.08 Å². The van der Waals surface area contributed by atoms with Gasteiger partial charge in [0.05, 0.1) is 16.5 Å². The first-order chi connectivity index (χ1) is 15.4. The molecular weight excluding hydrogens is 517 g/mol. The summed E-state index contributed by atoms with van der Waals surface area (Å²) in [6.45, 7) is 0.250. The van der Waals surface area contributed by atoms with Crippen molar-refractivity contribution in [3.05, 3.63) is 104 Å². The summed E-state index contributed by atoms with van der Waals surface area (Å²) < 4.78 is 20.3. The molecule has 4 rings (SSSR count). The van der Waals surface area contributed by atoms with E-state index in [9.17, 15) is 14.0 Å². The first-order valence-electron chi connectivity index (χ1n) is 9.56. The summed E-state index contributed by atoms with van der Waals surface area (Å²) in [4.78, 5) is 26.7. The average molecular weight is 533 g/mol. The van der Waals surface area contributed by atoms with E-state index in [1.807, 2.05) is 24.3 Å². The van der Waals surface area contributed by atoms with Crippen LogP contribution in [0.2, 0.25) is 5.02 Å². The molecule has 1 aliphatic heterocycles. The van der Waals surface area contributed by atoms with Crippen molar-refractivity contribution < 1.29 is 18.7 Å². The Bertz CT molecular complexity index is 1220. The van der Waals surface area contributed by atoms with Gasteiger partial charge in [0.1, 0.15) is 18.2 Å². The maximum Gasteiger partial charge on any atom is 0.293 e. The molecule has 2 amide bonds. The van der Waals surface area contributed by atoms with Crippen molar-refractivity contribution in [3.63, 3.8) is 0 Å². The highest BCUT2D eigenvalue weighted by atomic mass is 79.9. The highest BCUT2D eigenvalue weighted by Gasteiger charge is 2.35. The monoisotopic (exact) mass is 531 g/mol. The van der Waals surface area contributed by atoms with Crippen molar-refractivity contribution in [1.29, 1.82) is 0 Å². The zero-order valence-electron chi connectivity index (χ0n) is 16.6. The molecule has 0 radical (unpaired) electrons. The van der Waals surface area contributed by atoms with Gasteiger partial charge in [0, 0.05) is 10.0 Å². The number of thioether (sulfide) groups is 1. The second kappa shape index (κ2) is 9.90. The van der Waals surface area contributed by atoms with Gasteiger partial charge in [0.2, 0.25) is 0 Å². The van der Waals surface area contributed by atoms with Gasteiger partial charge in [-0.1, -0.05) is 63.9 Å². The van der Waals surface area contributed by atoms with E-state index in [0.29, 0.717) is 26.8 Å². The molecule has 1 aliphatic rings. The van der Waals surface area contributed by atoms with Crippen LogP contribution < -0.4 is 4.74 Å². The minimum atomic E-state index is -0.348. The van der Waals surface area contributed by atoms with Crippen molar-refractivity contribution >= 4 is 56.5 Å². The Hall–Kier alpha value is -2.61. The fraction of sp³-hybridized carbons (Fsp3) is 0.0833. The number of benzene rings is 3. The lowest BCUT2D eigenvalue weighted by molar-refractivity contribution is -0.123. The van der Waals surface area contributed by atoms with Crippen LogP contribution in [0.1, 0.15) is 16.7 Å². The largest absolute Gasteiger partial charge is 0.487 e. The van der Waals surface area contributed by atoms with Crippen LogP contribution in [0.5, 0.6) is 5.75 Å². The van der Waals surface area contributed by atoms with E-state index in [1.165, 1.54) is 11.0 Å². The number of carbonyl (C=O) groups is 2. The summed E-state index contributed by atoms with van der Waals surface area (Å²) in [6, 6.07) is 18.8. The normalized spacial score (nSPS) is 15.0. The zero-order valence-corrected chi connectivity index (χ0v) is 19.7. The first kappa shape index (κ1) is 22.6. The fourth-order valence-corrected chi connectivity index (χ4v) is 4.40. The van der Waals surface area contributed by atoms with Crippen LogP contribution in [0, 0.1) is 5.82 Å². The van der Waals surface area contributed by atoms with E-state index in [-0.39, 0.29) is 30.1 Å². The summed E-state index contributed by atoms with van der Waals surface area (Å²) >= 11 is 10.6. The average Bonchev–Trinajstić information content (AvgIpc) is 3.03. The minimum absolute atomic E-state index is 0.0423. The van der Waals surface area contributed by atoms with Crippen LogP contribution in [-0.2, 0) is 17.9 Å². The van der Waals surface area contributed by atoms with E-state index < -0.39 is 0 Å². The fourth-order valence-electron chi connectivity index (χ4n) is 3.05. The van der Waals surface area contributed by atoms with Gasteiger partial charge in [0.25, 0.3) is 11.1 Å². The Balaban J connectivity index is 1.45. The predicted molar refractivity (Wildman–Crippen MR) is 128 cm³/mol. The van der Waals surface area contributed by atoms with Gasteiger partial charge in [-0.25, -0.2) is 4.39 Å². The van der Waals surface area contributed by atoms with Gasteiger partial charge in [0.15, 0.2) is 0 Å². The molecule has 1 saturated heterocycles. The minimum Gasteiger partial charge on any atom is -0.487 e. The number of carbonyl (C=O) groups excluding carboxylic acids is 2. The lowest BCUT2D eigenvalue weighted by Crippen LogP contribution is -2.27. The molecule has 0 aromatic heterocycles. The van der Waals surface area contributed by atoms with E-state index in [4.69, 9.17) is 16.3 Å². The Labute approximate surface area is 202 Å². The summed E-state index contributed by atoms with van der Waals surface area (Å²) in [5, 5.41) is 0.00397. The van der Waals surface area contributed by atoms with Gasteiger partial charge in [-0.05, 0) is 59.3 Å². The highest BCUT2D eigenvalue weighted by Crippen LogP contribution is 2.35. The molecule has 0 bridgehead atoms. The Morgan fingerprint density at radius 1 is 1.06 bits per heavy atom. The molecule has 162 valence electrons. The summed E-state index contributed by atoms with van der Waals surface area (Å²) in [5.74, 6) is -0.298. The maximum atomic E-state index is 13.8. The molecule has 1 heterocycles. The topological polar surface area (TPSA) is 46.6 Å². The molecule has 4 nitrogen and oxygen atoms in total. The smallest absolute Gasteiger partial charge is 0.293 e. The molecule has 8 heteroatoms. The second-order valence-electron chi connectivity index (χ2n) is 6.96. The molecule has 0 unspecified atom stereocenters. The number of imide groups is 1. The lowest BCUT2D eigenvalue weighted by Gasteiger charge is -2.12. The SMILES string of the molecule is O=C1S/C(=C\c2ccc(OCc3ccccc3F)c(Cl)c2)C(=O)N1Cc1ccc(Br)cc1. The number of hydrogen-bond acceptors (Lipinski definition) is 4. The van der Waals surface area contributed by atoms with Crippen molar-refractivity contribution in [3.8, 4) is 5.75 Å². The summed E-state index contributed by atoms with van der Waals surface area (Å²) in [5.41, 5.74) is 1.94. The van der Waals surface area contributed by atoms with Gasteiger partial charge in [-0.3, -0.25) is 14.5 Å².